The summed E-state index contributed by atoms with van der Waals surface area (Å²) in [7, 11) is 0. The lowest BCUT2D eigenvalue weighted by Gasteiger charge is -2.22. The summed E-state index contributed by atoms with van der Waals surface area (Å²) in [5.74, 6) is -0.501. The molecule has 7 nitrogen and oxygen atoms in total. The highest BCUT2D eigenvalue weighted by molar-refractivity contribution is 6.00. The molecule has 2 aromatic rings. The van der Waals surface area contributed by atoms with E-state index >= 15 is 0 Å². The number of ether oxygens (including phenoxy) is 1. The number of nitriles is 1. The number of hydrogen-bond donors (Lipinski definition) is 1. The fourth-order valence-corrected chi connectivity index (χ4v) is 2.32. The van der Waals surface area contributed by atoms with E-state index in [0.29, 0.717) is 12.2 Å². The molecular formula is C19H20N4O3. The summed E-state index contributed by atoms with van der Waals surface area (Å²) in [5, 5.41) is 11.6. The topological polar surface area (TPSA) is 95.3 Å². The van der Waals surface area contributed by atoms with Gasteiger partial charge >= 0.3 is 12.0 Å². The van der Waals surface area contributed by atoms with Crippen molar-refractivity contribution in [3.8, 4) is 6.07 Å². The predicted octanol–water partition coefficient (Wildman–Crippen LogP) is 3.21. The number of carbonyl (C=O) groups excluding carboxylic acids is 2. The van der Waals surface area contributed by atoms with Crippen molar-refractivity contribution in [2.45, 2.75) is 19.9 Å². The van der Waals surface area contributed by atoms with Crippen LogP contribution in [0.3, 0.4) is 0 Å². The number of aromatic nitrogens is 1. The summed E-state index contributed by atoms with van der Waals surface area (Å²) < 4.78 is 5.02. The standard InChI is InChI=1S/C19H20N4O3/c1-2-26-18(24)16-8-3-4-9-17(16)22-19(25)23(12-6-10-20)14-15-7-5-11-21-13-15/h3-5,7-9,11,13H,2,6,12,14H2,1H3,(H,22,25). The van der Waals surface area contributed by atoms with Gasteiger partial charge in [-0.2, -0.15) is 5.26 Å². The second kappa shape index (κ2) is 9.79. The van der Waals surface area contributed by atoms with E-state index in [1.165, 1.54) is 4.90 Å². The molecule has 0 unspecified atom stereocenters. The van der Waals surface area contributed by atoms with Gasteiger partial charge in [-0.05, 0) is 30.7 Å². The molecule has 0 aliphatic carbocycles. The van der Waals surface area contributed by atoms with Crippen molar-refractivity contribution in [3.05, 3.63) is 59.9 Å². The van der Waals surface area contributed by atoms with Gasteiger partial charge in [0.1, 0.15) is 0 Å². The minimum Gasteiger partial charge on any atom is -0.462 e. The van der Waals surface area contributed by atoms with Crippen LogP contribution in [0.2, 0.25) is 0 Å². The normalized spacial score (nSPS) is 9.85. The first-order valence-electron chi connectivity index (χ1n) is 8.23. The van der Waals surface area contributed by atoms with Gasteiger partial charge in [0.05, 0.1) is 30.3 Å². The monoisotopic (exact) mass is 352 g/mol. The molecule has 1 heterocycles. The van der Waals surface area contributed by atoms with E-state index in [0.717, 1.165) is 5.56 Å². The predicted molar refractivity (Wildman–Crippen MR) is 96.3 cm³/mol. The molecule has 0 fully saturated rings. The third-order valence-electron chi connectivity index (χ3n) is 3.54. The van der Waals surface area contributed by atoms with Gasteiger partial charge in [-0.3, -0.25) is 4.98 Å². The highest BCUT2D eigenvalue weighted by atomic mass is 16.5. The van der Waals surface area contributed by atoms with Gasteiger partial charge in [0.15, 0.2) is 0 Å². The minimum atomic E-state index is -0.501. The van der Waals surface area contributed by atoms with Crippen molar-refractivity contribution >= 4 is 17.7 Å². The van der Waals surface area contributed by atoms with Crippen LogP contribution >= 0.6 is 0 Å². The Morgan fingerprint density at radius 3 is 2.77 bits per heavy atom. The first-order valence-corrected chi connectivity index (χ1v) is 8.23. The van der Waals surface area contributed by atoms with Gasteiger partial charge in [0.2, 0.25) is 0 Å². The number of nitrogens with one attached hydrogen (secondary N) is 1. The van der Waals surface area contributed by atoms with E-state index in [1.807, 2.05) is 12.1 Å². The fraction of sp³-hybridized carbons (Fsp3) is 0.263. The Labute approximate surface area is 152 Å². The van der Waals surface area contributed by atoms with Crippen LogP contribution in [0.5, 0.6) is 0 Å². The average Bonchev–Trinajstić information content (AvgIpc) is 2.66. The second-order valence-electron chi connectivity index (χ2n) is 5.39. The summed E-state index contributed by atoms with van der Waals surface area (Å²) >= 11 is 0. The van der Waals surface area contributed by atoms with Crippen molar-refractivity contribution in [1.82, 2.24) is 9.88 Å². The molecule has 0 spiro atoms. The van der Waals surface area contributed by atoms with Crippen molar-refractivity contribution < 1.29 is 14.3 Å². The quantitative estimate of drug-likeness (QED) is 0.772. The molecule has 1 N–H and O–H groups in total. The molecule has 0 saturated heterocycles. The maximum atomic E-state index is 12.7. The molecule has 0 atom stereocenters. The van der Waals surface area contributed by atoms with E-state index in [4.69, 9.17) is 10.00 Å². The third-order valence-corrected chi connectivity index (χ3v) is 3.54. The van der Waals surface area contributed by atoms with Crippen LogP contribution in [0.25, 0.3) is 0 Å². The van der Waals surface area contributed by atoms with Gasteiger partial charge < -0.3 is 15.0 Å². The van der Waals surface area contributed by atoms with Crippen molar-refractivity contribution in [1.29, 1.82) is 5.26 Å². The number of carbonyl (C=O) groups is 2. The van der Waals surface area contributed by atoms with Crippen LogP contribution in [0.4, 0.5) is 10.5 Å². The lowest BCUT2D eigenvalue weighted by atomic mass is 10.2. The highest BCUT2D eigenvalue weighted by Crippen LogP contribution is 2.17. The number of hydrogen-bond acceptors (Lipinski definition) is 5. The molecule has 134 valence electrons. The van der Waals surface area contributed by atoms with E-state index < -0.39 is 12.0 Å². The number of urea groups is 1. The third kappa shape index (κ3) is 5.31. The van der Waals surface area contributed by atoms with Crippen LogP contribution in [-0.2, 0) is 11.3 Å². The van der Waals surface area contributed by atoms with Crippen LogP contribution in [0.1, 0.15) is 29.3 Å². The molecule has 2 rings (SSSR count). The van der Waals surface area contributed by atoms with Crippen LogP contribution in [0, 0.1) is 11.3 Å². The Morgan fingerprint density at radius 2 is 2.08 bits per heavy atom. The minimum absolute atomic E-state index is 0.202. The Bertz CT molecular complexity index is 787. The number of nitrogens with zero attached hydrogens (tertiary/aromatic N) is 3. The van der Waals surface area contributed by atoms with Crippen LogP contribution < -0.4 is 5.32 Å². The van der Waals surface area contributed by atoms with Crippen LogP contribution in [-0.4, -0.2) is 35.0 Å². The first kappa shape index (κ1) is 18.9. The van der Waals surface area contributed by atoms with Gasteiger partial charge in [-0.25, -0.2) is 9.59 Å². The Morgan fingerprint density at radius 1 is 1.27 bits per heavy atom. The van der Waals surface area contributed by atoms with Gasteiger partial charge in [0.25, 0.3) is 0 Å². The molecular weight excluding hydrogens is 332 g/mol. The summed E-state index contributed by atoms with van der Waals surface area (Å²) in [4.78, 5) is 30.3. The Balaban J connectivity index is 2.16. The lowest BCUT2D eigenvalue weighted by molar-refractivity contribution is 0.0527. The average molecular weight is 352 g/mol. The van der Waals surface area contributed by atoms with Gasteiger partial charge in [0, 0.05) is 25.5 Å². The van der Waals surface area contributed by atoms with E-state index in [2.05, 4.69) is 10.3 Å². The zero-order valence-electron chi connectivity index (χ0n) is 14.5. The number of rotatable bonds is 7. The van der Waals surface area contributed by atoms with E-state index in [1.54, 1.807) is 49.6 Å². The summed E-state index contributed by atoms with van der Waals surface area (Å²) in [6.07, 6.45) is 3.52. The largest absolute Gasteiger partial charge is 0.462 e. The van der Waals surface area contributed by atoms with Crippen molar-refractivity contribution in [2.24, 2.45) is 0 Å². The Hall–Kier alpha value is -3.40. The number of esters is 1. The molecule has 0 aliphatic heterocycles. The molecule has 1 aromatic heterocycles. The number of anilines is 1. The highest BCUT2D eigenvalue weighted by Gasteiger charge is 2.18. The molecule has 0 saturated carbocycles. The summed E-state index contributed by atoms with van der Waals surface area (Å²) in [6.45, 7) is 2.54. The summed E-state index contributed by atoms with van der Waals surface area (Å²) in [5.41, 5.74) is 1.49. The smallest absolute Gasteiger partial charge is 0.340 e. The molecule has 0 bridgehead atoms. The molecule has 1 aromatic carbocycles. The Kier molecular flexibility index (Phi) is 7.13. The number of para-hydroxylation sites is 1. The zero-order valence-corrected chi connectivity index (χ0v) is 14.5. The molecule has 2 amide bonds. The molecule has 26 heavy (non-hydrogen) atoms. The van der Waals surface area contributed by atoms with Crippen molar-refractivity contribution in [2.75, 3.05) is 18.5 Å². The first-order chi connectivity index (χ1) is 12.7. The molecule has 0 radical (unpaired) electrons. The van der Waals surface area contributed by atoms with E-state index in [-0.39, 0.29) is 25.1 Å². The molecule has 7 heteroatoms. The van der Waals surface area contributed by atoms with Gasteiger partial charge in [-0.1, -0.05) is 18.2 Å². The SMILES string of the molecule is CCOC(=O)c1ccccc1NC(=O)N(CCC#N)Cc1cccnc1. The van der Waals surface area contributed by atoms with E-state index in [9.17, 15) is 9.59 Å². The van der Waals surface area contributed by atoms with Gasteiger partial charge in [-0.15, -0.1) is 0 Å². The zero-order chi connectivity index (χ0) is 18.8. The van der Waals surface area contributed by atoms with Crippen LogP contribution in [0.15, 0.2) is 48.8 Å². The molecule has 0 aliphatic rings. The second-order valence-corrected chi connectivity index (χ2v) is 5.39. The number of amides is 2. The lowest BCUT2D eigenvalue weighted by Crippen LogP contribution is -2.35. The summed E-state index contributed by atoms with van der Waals surface area (Å²) in [6, 6.07) is 11.9. The maximum absolute atomic E-state index is 12.7. The fourth-order valence-electron chi connectivity index (χ4n) is 2.32. The number of pyridine rings is 1. The number of benzene rings is 1. The maximum Gasteiger partial charge on any atom is 0.340 e. The van der Waals surface area contributed by atoms with Crippen molar-refractivity contribution in [3.63, 3.8) is 0 Å².